The first-order valence-electron chi connectivity index (χ1n) is 6.10. The molecule has 3 aromatic rings. The number of nitriles is 4. The Labute approximate surface area is 124 Å². The first-order chi connectivity index (χ1) is 10.7. The van der Waals surface area contributed by atoms with Gasteiger partial charge in [-0.2, -0.15) is 21.0 Å². The van der Waals surface area contributed by atoms with E-state index in [1.165, 1.54) is 12.4 Å². The molecule has 2 aromatic heterocycles. The highest BCUT2D eigenvalue weighted by Gasteiger charge is 2.15. The van der Waals surface area contributed by atoms with Crippen molar-refractivity contribution in [2.45, 2.75) is 0 Å². The third-order valence-corrected chi connectivity index (χ3v) is 3.34. The summed E-state index contributed by atoms with van der Waals surface area (Å²) in [5.41, 5.74) is 1.66. The average molecular weight is 280 g/mol. The van der Waals surface area contributed by atoms with Gasteiger partial charge in [-0.15, -0.1) is 0 Å². The van der Waals surface area contributed by atoms with E-state index >= 15 is 0 Å². The molecule has 1 aromatic carbocycles. The maximum atomic E-state index is 9.26. The van der Waals surface area contributed by atoms with E-state index in [1.54, 1.807) is 12.1 Å². The van der Waals surface area contributed by atoms with Gasteiger partial charge in [-0.25, -0.2) is 0 Å². The minimum Gasteiger partial charge on any atom is -0.252 e. The summed E-state index contributed by atoms with van der Waals surface area (Å²) in [4.78, 5) is 8.38. The molecule has 2 heterocycles. The maximum Gasteiger partial charge on any atom is 0.102 e. The molecule has 0 saturated carbocycles. The fourth-order valence-corrected chi connectivity index (χ4v) is 2.33. The van der Waals surface area contributed by atoms with Gasteiger partial charge >= 0.3 is 0 Å². The van der Waals surface area contributed by atoms with Gasteiger partial charge in [0.05, 0.1) is 33.3 Å². The molecular formula is C16H4N6. The van der Waals surface area contributed by atoms with Crippen LogP contribution in [-0.4, -0.2) is 9.97 Å². The zero-order valence-corrected chi connectivity index (χ0v) is 11.0. The van der Waals surface area contributed by atoms with E-state index in [2.05, 4.69) is 9.97 Å². The molecule has 6 heteroatoms. The molecule has 0 fully saturated rings. The van der Waals surface area contributed by atoms with Gasteiger partial charge in [0, 0.05) is 23.2 Å². The lowest BCUT2D eigenvalue weighted by molar-refractivity contribution is 1.32. The highest BCUT2D eigenvalue weighted by Crippen LogP contribution is 2.28. The molecule has 0 spiro atoms. The molecule has 0 bridgehead atoms. The lowest BCUT2D eigenvalue weighted by atomic mass is 9.99. The van der Waals surface area contributed by atoms with Crippen LogP contribution in [0, 0.1) is 45.3 Å². The van der Waals surface area contributed by atoms with Crippen molar-refractivity contribution in [3.63, 3.8) is 0 Å². The van der Waals surface area contributed by atoms with E-state index in [0.29, 0.717) is 21.8 Å². The highest BCUT2D eigenvalue weighted by atomic mass is 14.7. The predicted octanol–water partition coefficient (Wildman–Crippen LogP) is 2.27. The summed E-state index contributed by atoms with van der Waals surface area (Å²) >= 11 is 0. The quantitative estimate of drug-likeness (QED) is 0.582. The van der Waals surface area contributed by atoms with Crippen LogP contribution in [-0.2, 0) is 0 Å². The Balaban J connectivity index is 2.56. The van der Waals surface area contributed by atoms with Crippen molar-refractivity contribution in [1.82, 2.24) is 9.97 Å². The van der Waals surface area contributed by atoms with Crippen LogP contribution in [0.1, 0.15) is 22.3 Å². The van der Waals surface area contributed by atoms with Crippen molar-refractivity contribution in [1.29, 1.82) is 21.0 Å². The van der Waals surface area contributed by atoms with Gasteiger partial charge in [-0.3, -0.25) is 9.97 Å². The molecule has 0 unspecified atom stereocenters. The summed E-state index contributed by atoms with van der Waals surface area (Å²) < 4.78 is 0. The number of benzene rings is 1. The van der Waals surface area contributed by atoms with Crippen molar-refractivity contribution in [2.24, 2.45) is 0 Å². The van der Waals surface area contributed by atoms with E-state index in [0.717, 1.165) is 0 Å². The maximum absolute atomic E-state index is 9.26. The van der Waals surface area contributed by atoms with Crippen LogP contribution in [0.3, 0.4) is 0 Å². The second kappa shape index (κ2) is 4.84. The number of aromatic nitrogens is 2. The Kier molecular flexibility index (Phi) is 2.86. The number of hydrogen-bond donors (Lipinski definition) is 0. The summed E-state index contributed by atoms with van der Waals surface area (Å²) in [7, 11) is 0. The molecule has 0 aliphatic rings. The fourth-order valence-electron chi connectivity index (χ4n) is 2.33. The third-order valence-electron chi connectivity index (χ3n) is 3.34. The van der Waals surface area contributed by atoms with Gasteiger partial charge in [0.25, 0.3) is 0 Å². The Bertz CT molecular complexity index is 1030. The van der Waals surface area contributed by atoms with Crippen LogP contribution < -0.4 is 0 Å². The number of nitrogens with zero attached hydrogens (tertiary/aromatic N) is 6. The van der Waals surface area contributed by atoms with Gasteiger partial charge in [-0.05, 0) is 0 Å². The Hall–Kier alpha value is -4.00. The molecule has 98 valence electrons. The van der Waals surface area contributed by atoms with Crippen molar-refractivity contribution in [3.8, 4) is 24.3 Å². The van der Waals surface area contributed by atoms with E-state index in [1.807, 2.05) is 24.3 Å². The second-order valence-electron chi connectivity index (χ2n) is 4.40. The summed E-state index contributed by atoms with van der Waals surface area (Å²) in [6, 6.07) is 11.1. The third kappa shape index (κ3) is 1.63. The topological polar surface area (TPSA) is 121 Å². The predicted molar refractivity (Wildman–Crippen MR) is 75.9 cm³/mol. The Morgan fingerprint density at radius 3 is 1.36 bits per heavy atom. The minimum absolute atomic E-state index is 0.184. The Morgan fingerprint density at radius 2 is 1.05 bits per heavy atom. The molecule has 0 saturated heterocycles. The first kappa shape index (κ1) is 13.0. The molecule has 0 N–H and O–H groups in total. The van der Waals surface area contributed by atoms with Gasteiger partial charge in [0.2, 0.25) is 0 Å². The fraction of sp³-hybridized carbons (Fsp3) is 0. The summed E-state index contributed by atoms with van der Waals surface area (Å²) in [5.74, 6) is 0. The van der Waals surface area contributed by atoms with E-state index < -0.39 is 0 Å². The molecule has 0 radical (unpaired) electrons. The van der Waals surface area contributed by atoms with E-state index in [4.69, 9.17) is 10.5 Å². The first-order valence-corrected chi connectivity index (χ1v) is 6.10. The van der Waals surface area contributed by atoms with Crippen LogP contribution >= 0.6 is 0 Å². The molecule has 22 heavy (non-hydrogen) atoms. The van der Waals surface area contributed by atoms with Crippen molar-refractivity contribution in [2.75, 3.05) is 0 Å². The average Bonchev–Trinajstić information content (AvgIpc) is 2.58. The summed E-state index contributed by atoms with van der Waals surface area (Å²) in [5, 5.41) is 37.6. The van der Waals surface area contributed by atoms with Crippen molar-refractivity contribution >= 4 is 21.8 Å². The molecule has 3 rings (SSSR count). The second-order valence-corrected chi connectivity index (χ2v) is 4.40. The van der Waals surface area contributed by atoms with E-state index in [-0.39, 0.29) is 22.3 Å². The zero-order valence-electron chi connectivity index (χ0n) is 11.0. The minimum atomic E-state index is 0.184. The van der Waals surface area contributed by atoms with Crippen LogP contribution in [0.4, 0.5) is 0 Å². The summed E-state index contributed by atoms with van der Waals surface area (Å²) in [6.07, 6.45) is 2.62. The molecule has 0 atom stereocenters. The molecule has 0 aliphatic heterocycles. The Morgan fingerprint density at radius 1 is 0.636 bits per heavy atom. The van der Waals surface area contributed by atoms with E-state index in [9.17, 15) is 10.5 Å². The lowest BCUT2D eigenvalue weighted by Crippen LogP contribution is -1.95. The van der Waals surface area contributed by atoms with Crippen LogP contribution in [0.25, 0.3) is 21.8 Å². The summed E-state index contributed by atoms with van der Waals surface area (Å²) in [6.45, 7) is 0. The lowest BCUT2D eigenvalue weighted by Gasteiger charge is -2.06. The van der Waals surface area contributed by atoms with Gasteiger partial charge in [0.1, 0.15) is 24.3 Å². The number of hydrogen-bond acceptors (Lipinski definition) is 6. The highest BCUT2D eigenvalue weighted by molar-refractivity contribution is 6.07. The van der Waals surface area contributed by atoms with Gasteiger partial charge in [-0.1, -0.05) is 12.1 Å². The van der Waals surface area contributed by atoms with Crippen molar-refractivity contribution in [3.05, 3.63) is 46.8 Å². The van der Waals surface area contributed by atoms with Gasteiger partial charge < -0.3 is 0 Å². The van der Waals surface area contributed by atoms with Crippen molar-refractivity contribution < 1.29 is 0 Å². The number of fused-ring (bicyclic) bond motifs is 3. The smallest absolute Gasteiger partial charge is 0.102 e. The van der Waals surface area contributed by atoms with Crippen LogP contribution in [0.2, 0.25) is 0 Å². The molecular weight excluding hydrogens is 276 g/mol. The molecule has 6 nitrogen and oxygen atoms in total. The normalized spacial score (nSPS) is 9.64. The monoisotopic (exact) mass is 280 g/mol. The van der Waals surface area contributed by atoms with Crippen LogP contribution in [0.15, 0.2) is 24.5 Å². The standard InChI is InChI=1S/C16H4N6/c17-3-9-7-21-15-11(13(9)5-19)1-2-12-14(6-20)10(4-18)8-22-16(12)15/h1-2,7-8H. The van der Waals surface area contributed by atoms with Crippen LogP contribution in [0.5, 0.6) is 0 Å². The number of pyridine rings is 2. The SMILES string of the molecule is N#Cc1cnc2c(ccc3c(C#N)c(C#N)cnc32)c1C#N. The largest absolute Gasteiger partial charge is 0.252 e. The molecule has 0 aliphatic carbocycles. The van der Waals surface area contributed by atoms with Gasteiger partial charge in [0.15, 0.2) is 0 Å². The zero-order chi connectivity index (χ0) is 15.7. The number of rotatable bonds is 0. The molecule has 0 amide bonds.